The van der Waals surface area contributed by atoms with Crippen LogP contribution in [0.3, 0.4) is 0 Å². The fourth-order valence-electron chi connectivity index (χ4n) is 1.37. The molecule has 0 saturated carbocycles. The van der Waals surface area contributed by atoms with Crippen molar-refractivity contribution in [3.63, 3.8) is 0 Å². The molecule has 0 N–H and O–H groups in total. The summed E-state index contributed by atoms with van der Waals surface area (Å²) >= 11 is 1.48. The van der Waals surface area contributed by atoms with Gasteiger partial charge in [-0.15, -0.1) is 11.3 Å². The normalized spacial score (nSPS) is 10.5. The van der Waals surface area contributed by atoms with Crippen LogP contribution in [0, 0.1) is 6.92 Å². The average Bonchev–Trinajstić information content (AvgIpc) is 2.84. The highest BCUT2D eigenvalue weighted by Gasteiger charge is 2.14. The topological polar surface area (TPSA) is 47.8 Å². The van der Waals surface area contributed by atoms with Crippen LogP contribution in [-0.4, -0.2) is 20.4 Å². The van der Waals surface area contributed by atoms with E-state index < -0.39 is 0 Å². The summed E-state index contributed by atoms with van der Waals surface area (Å²) in [6.07, 6.45) is 4.05. The number of rotatable bonds is 2. The second-order valence-electron chi connectivity index (χ2n) is 3.12. The van der Waals surface area contributed by atoms with Crippen LogP contribution in [-0.2, 0) is 6.42 Å². The standard InChI is InChI=1S/C10H11N3OS/c1-3-9-11-4-5-13(9)10(14)8-6-15-7(2)12-8/h4-6H,3H2,1-2H3. The molecule has 0 aromatic carbocycles. The van der Waals surface area contributed by atoms with E-state index in [1.165, 1.54) is 11.3 Å². The predicted molar refractivity (Wildman–Crippen MR) is 58.2 cm³/mol. The van der Waals surface area contributed by atoms with Crippen LogP contribution in [0.25, 0.3) is 0 Å². The molecule has 0 aliphatic rings. The highest BCUT2D eigenvalue weighted by Crippen LogP contribution is 2.10. The van der Waals surface area contributed by atoms with Crippen molar-refractivity contribution in [2.75, 3.05) is 0 Å². The van der Waals surface area contributed by atoms with Crippen molar-refractivity contribution in [3.05, 3.63) is 34.3 Å². The monoisotopic (exact) mass is 221 g/mol. The van der Waals surface area contributed by atoms with Crippen molar-refractivity contribution in [3.8, 4) is 0 Å². The molecular formula is C10H11N3OS. The predicted octanol–water partition coefficient (Wildman–Crippen LogP) is 1.90. The molecule has 0 radical (unpaired) electrons. The Labute approximate surface area is 91.6 Å². The molecule has 4 nitrogen and oxygen atoms in total. The molecule has 2 aromatic heterocycles. The Morgan fingerprint density at radius 1 is 1.60 bits per heavy atom. The van der Waals surface area contributed by atoms with Crippen molar-refractivity contribution in [2.24, 2.45) is 0 Å². The van der Waals surface area contributed by atoms with Crippen molar-refractivity contribution in [1.29, 1.82) is 0 Å². The first-order chi connectivity index (χ1) is 7.22. The summed E-state index contributed by atoms with van der Waals surface area (Å²) in [7, 11) is 0. The van der Waals surface area contributed by atoms with Crippen LogP contribution in [0.5, 0.6) is 0 Å². The van der Waals surface area contributed by atoms with Crippen LogP contribution in [0.4, 0.5) is 0 Å². The summed E-state index contributed by atoms with van der Waals surface area (Å²) in [4.78, 5) is 20.2. The summed E-state index contributed by atoms with van der Waals surface area (Å²) in [6.45, 7) is 3.86. The third kappa shape index (κ3) is 1.83. The number of aryl methyl sites for hydroxylation is 2. The molecule has 0 amide bonds. The van der Waals surface area contributed by atoms with Gasteiger partial charge in [0.05, 0.1) is 5.01 Å². The lowest BCUT2D eigenvalue weighted by Gasteiger charge is -2.01. The van der Waals surface area contributed by atoms with Gasteiger partial charge in [-0.25, -0.2) is 9.97 Å². The van der Waals surface area contributed by atoms with Crippen molar-refractivity contribution >= 4 is 17.2 Å². The molecule has 0 saturated heterocycles. The SMILES string of the molecule is CCc1nccn1C(=O)c1csc(C)n1. The quantitative estimate of drug-likeness (QED) is 0.778. The van der Waals surface area contributed by atoms with Crippen LogP contribution < -0.4 is 0 Å². The number of imidazole rings is 1. The van der Waals surface area contributed by atoms with Crippen LogP contribution in [0.2, 0.25) is 0 Å². The lowest BCUT2D eigenvalue weighted by molar-refractivity contribution is 0.0952. The molecule has 0 aliphatic carbocycles. The lowest BCUT2D eigenvalue weighted by atomic mass is 10.4. The minimum absolute atomic E-state index is 0.103. The van der Waals surface area contributed by atoms with Gasteiger partial charge in [0, 0.05) is 24.2 Å². The van der Waals surface area contributed by atoms with Gasteiger partial charge in [0.2, 0.25) is 0 Å². The zero-order valence-corrected chi connectivity index (χ0v) is 9.41. The maximum Gasteiger partial charge on any atom is 0.282 e. The molecule has 2 rings (SSSR count). The van der Waals surface area contributed by atoms with E-state index >= 15 is 0 Å². The fraction of sp³-hybridized carbons (Fsp3) is 0.300. The number of nitrogens with zero attached hydrogens (tertiary/aromatic N) is 3. The Balaban J connectivity index is 2.36. The number of hydrogen-bond donors (Lipinski definition) is 0. The van der Waals surface area contributed by atoms with E-state index in [1.54, 1.807) is 22.3 Å². The van der Waals surface area contributed by atoms with E-state index in [4.69, 9.17) is 0 Å². The Morgan fingerprint density at radius 3 is 3.00 bits per heavy atom. The smallest absolute Gasteiger partial charge is 0.268 e. The van der Waals surface area contributed by atoms with E-state index in [9.17, 15) is 4.79 Å². The maximum atomic E-state index is 12.0. The minimum atomic E-state index is -0.103. The van der Waals surface area contributed by atoms with Gasteiger partial charge in [-0.1, -0.05) is 6.92 Å². The first-order valence-electron chi connectivity index (χ1n) is 4.71. The average molecular weight is 221 g/mol. The van der Waals surface area contributed by atoms with E-state index in [1.807, 2.05) is 13.8 Å². The van der Waals surface area contributed by atoms with Gasteiger partial charge in [-0.05, 0) is 6.92 Å². The number of hydrogen-bond acceptors (Lipinski definition) is 4. The van der Waals surface area contributed by atoms with Crippen LogP contribution in [0.15, 0.2) is 17.8 Å². The number of thiazole rings is 1. The molecule has 2 aromatic rings. The molecule has 0 fully saturated rings. The van der Waals surface area contributed by atoms with Crippen molar-refractivity contribution < 1.29 is 4.79 Å². The van der Waals surface area contributed by atoms with Gasteiger partial charge in [-0.2, -0.15) is 0 Å². The van der Waals surface area contributed by atoms with Crippen molar-refractivity contribution in [2.45, 2.75) is 20.3 Å². The zero-order valence-electron chi connectivity index (χ0n) is 8.60. The first kappa shape index (κ1) is 10.0. The lowest BCUT2D eigenvalue weighted by Crippen LogP contribution is -2.14. The number of aromatic nitrogens is 3. The van der Waals surface area contributed by atoms with E-state index in [2.05, 4.69) is 9.97 Å². The summed E-state index contributed by atoms with van der Waals surface area (Å²) in [6, 6.07) is 0. The minimum Gasteiger partial charge on any atom is -0.268 e. The first-order valence-corrected chi connectivity index (χ1v) is 5.59. The van der Waals surface area contributed by atoms with Gasteiger partial charge in [0.25, 0.3) is 5.91 Å². The fourth-order valence-corrected chi connectivity index (χ4v) is 1.95. The van der Waals surface area contributed by atoms with E-state index in [0.29, 0.717) is 5.69 Å². The molecule has 15 heavy (non-hydrogen) atoms. The molecule has 0 atom stereocenters. The Hall–Kier alpha value is -1.49. The van der Waals surface area contributed by atoms with Gasteiger partial charge >= 0.3 is 0 Å². The molecule has 78 valence electrons. The molecule has 0 bridgehead atoms. The summed E-state index contributed by atoms with van der Waals surface area (Å²) in [5.74, 6) is 0.666. The maximum absolute atomic E-state index is 12.0. The molecule has 0 aliphatic heterocycles. The summed E-state index contributed by atoms with van der Waals surface area (Å²) in [5.41, 5.74) is 0.491. The van der Waals surface area contributed by atoms with Crippen molar-refractivity contribution in [1.82, 2.24) is 14.5 Å². The number of carbonyl (C=O) groups is 1. The van der Waals surface area contributed by atoms with Gasteiger partial charge < -0.3 is 0 Å². The summed E-state index contributed by atoms with van der Waals surface area (Å²) < 4.78 is 1.55. The second kappa shape index (κ2) is 3.94. The van der Waals surface area contributed by atoms with Crippen LogP contribution in [0.1, 0.15) is 28.2 Å². The van der Waals surface area contributed by atoms with E-state index in [-0.39, 0.29) is 5.91 Å². The Bertz CT molecular complexity index is 486. The third-order valence-electron chi connectivity index (χ3n) is 2.09. The van der Waals surface area contributed by atoms with Gasteiger partial charge in [0.15, 0.2) is 0 Å². The zero-order chi connectivity index (χ0) is 10.8. The summed E-state index contributed by atoms with van der Waals surface area (Å²) in [5, 5.41) is 2.67. The Morgan fingerprint density at radius 2 is 2.40 bits per heavy atom. The molecular weight excluding hydrogens is 210 g/mol. The molecule has 0 spiro atoms. The van der Waals surface area contributed by atoms with Crippen LogP contribution >= 0.6 is 11.3 Å². The number of carbonyl (C=O) groups excluding carboxylic acids is 1. The molecule has 5 heteroatoms. The van der Waals surface area contributed by atoms with E-state index in [0.717, 1.165) is 17.3 Å². The third-order valence-corrected chi connectivity index (χ3v) is 2.86. The van der Waals surface area contributed by atoms with Gasteiger partial charge in [0.1, 0.15) is 11.5 Å². The highest BCUT2D eigenvalue weighted by molar-refractivity contribution is 7.09. The Kier molecular flexibility index (Phi) is 2.64. The highest BCUT2D eigenvalue weighted by atomic mass is 32.1. The largest absolute Gasteiger partial charge is 0.282 e. The molecule has 0 unspecified atom stereocenters. The van der Waals surface area contributed by atoms with Gasteiger partial charge in [-0.3, -0.25) is 9.36 Å². The molecule has 2 heterocycles. The second-order valence-corrected chi connectivity index (χ2v) is 4.19.